The fraction of sp³-hybridized carbons (Fsp3) is 0.867. The lowest BCUT2D eigenvalue weighted by Gasteiger charge is -2.48. The summed E-state index contributed by atoms with van der Waals surface area (Å²) in [7, 11) is 6.43. The van der Waals surface area contributed by atoms with E-state index >= 15 is 0 Å². The Morgan fingerprint density at radius 3 is 2.55 bits per heavy atom. The molecule has 1 atom stereocenters. The SMILES string of the molecule is CCCNC(c1cnnn1C)C1(N(C)C)CCCCC1. The van der Waals surface area contributed by atoms with Crippen LogP contribution < -0.4 is 5.32 Å². The van der Waals surface area contributed by atoms with Gasteiger partial charge in [0.15, 0.2) is 0 Å². The van der Waals surface area contributed by atoms with E-state index in [4.69, 9.17) is 0 Å². The molecule has 0 aromatic carbocycles. The average molecular weight is 279 g/mol. The lowest BCUT2D eigenvalue weighted by Crippen LogP contribution is -2.55. The molecule has 1 aliphatic carbocycles. The molecule has 1 N–H and O–H groups in total. The molecule has 2 rings (SSSR count). The minimum Gasteiger partial charge on any atom is -0.307 e. The van der Waals surface area contributed by atoms with Gasteiger partial charge in [-0.1, -0.05) is 31.4 Å². The van der Waals surface area contributed by atoms with E-state index in [1.54, 1.807) is 0 Å². The lowest BCUT2D eigenvalue weighted by molar-refractivity contribution is 0.0533. The molecule has 0 aliphatic heterocycles. The third-order valence-corrected chi connectivity index (χ3v) is 4.79. The number of rotatable bonds is 6. The Morgan fingerprint density at radius 1 is 1.35 bits per heavy atom. The van der Waals surface area contributed by atoms with E-state index in [-0.39, 0.29) is 5.54 Å². The molecule has 114 valence electrons. The Bertz CT molecular complexity index is 406. The second-order valence-corrected chi connectivity index (χ2v) is 6.23. The van der Waals surface area contributed by atoms with E-state index in [2.05, 4.69) is 41.5 Å². The number of hydrogen-bond donors (Lipinski definition) is 1. The first kappa shape index (κ1) is 15.4. The van der Waals surface area contributed by atoms with Crippen molar-refractivity contribution < 1.29 is 0 Å². The van der Waals surface area contributed by atoms with Crippen LogP contribution >= 0.6 is 0 Å². The van der Waals surface area contributed by atoms with E-state index in [0.717, 1.165) is 13.0 Å². The fourth-order valence-corrected chi connectivity index (χ4v) is 3.58. The minimum atomic E-state index is 0.183. The summed E-state index contributed by atoms with van der Waals surface area (Å²) in [6.07, 6.45) is 9.54. The molecule has 20 heavy (non-hydrogen) atoms. The molecule has 0 saturated heterocycles. The zero-order valence-corrected chi connectivity index (χ0v) is 13.4. The van der Waals surface area contributed by atoms with Crippen molar-refractivity contribution >= 4 is 0 Å². The molecule has 0 amide bonds. The van der Waals surface area contributed by atoms with Crippen LogP contribution in [0.25, 0.3) is 0 Å². The van der Waals surface area contributed by atoms with Gasteiger partial charge in [-0.2, -0.15) is 0 Å². The Balaban J connectivity index is 2.34. The number of hydrogen-bond acceptors (Lipinski definition) is 4. The molecule has 1 aromatic heterocycles. The second kappa shape index (κ2) is 6.68. The van der Waals surface area contributed by atoms with Crippen molar-refractivity contribution in [2.45, 2.75) is 57.0 Å². The maximum absolute atomic E-state index is 4.14. The molecular weight excluding hydrogens is 250 g/mol. The second-order valence-electron chi connectivity index (χ2n) is 6.23. The third kappa shape index (κ3) is 2.88. The third-order valence-electron chi connectivity index (χ3n) is 4.79. The van der Waals surface area contributed by atoms with Gasteiger partial charge in [-0.25, -0.2) is 0 Å². The largest absolute Gasteiger partial charge is 0.307 e. The fourth-order valence-electron chi connectivity index (χ4n) is 3.58. The molecule has 0 radical (unpaired) electrons. The maximum atomic E-state index is 4.14. The van der Waals surface area contributed by atoms with Crippen molar-refractivity contribution in [1.29, 1.82) is 0 Å². The minimum absolute atomic E-state index is 0.183. The number of nitrogens with zero attached hydrogens (tertiary/aromatic N) is 4. The van der Waals surface area contributed by atoms with Gasteiger partial charge < -0.3 is 10.2 Å². The lowest BCUT2D eigenvalue weighted by atomic mass is 9.74. The van der Waals surface area contributed by atoms with Gasteiger partial charge >= 0.3 is 0 Å². The average Bonchev–Trinajstić information content (AvgIpc) is 2.86. The van der Waals surface area contributed by atoms with Crippen LogP contribution in [0.4, 0.5) is 0 Å². The highest BCUT2D eigenvalue weighted by molar-refractivity contribution is 5.13. The molecule has 0 spiro atoms. The maximum Gasteiger partial charge on any atom is 0.0772 e. The number of likely N-dealkylation sites (N-methyl/N-ethyl adjacent to an activating group) is 1. The van der Waals surface area contributed by atoms with E-state index in [1.165, 1.54) is 37.8 Å². The van der Waals surface area contributed by atoms with Gasteiger partial charge in [-0.15, -0.1) is 5.10 Å². The van der Waals surface area contributed by atoms with Crippen molar-refractivity contribution in [2.24, 2.45) is 7.05 Å². The molecule has 1 saturated carbocycles. The smallest absolute Gasteiger partial charge is 0.0772 e. The molecular formula is C15H29N5. The van der Waals surface area contributed by atoms with Gasteiger partial charge in [0, 0.05) is 12.6 Å². The Morgan fingerprint density at radius 2 is 2.05 bits per heavy atom. The predicted octanol–water partition coefficient (Wildman–Crippen LogP) is 2.12. The molecule has 5 heteroatoms. The van der Waals surface area contributed by atoms with Crippen LogP contribution in [0.2, 0.25) is 0 Å². The van der Waals surface area contributed by atoms with Crippen molar-refractivity contribution in [1.82, 2.24) is 25.2 Å². The summed E-state index contributed by atoms with van der Waals surface area (Å²) >= 11 is 0. The topological polar surface area (TPSA) is 46.0 Å². The van der Waals surface area contributed by atoms with Gasteiger partial charge in [0.1, 0.15) is 0 Å². The standard InChI is InChI=1S/C15H29N5/c1-5-11-16-14(13-12-17-18-20(13)4)15(19(2)3)9-7-6-8-10-15/h12,14,16H,5-11H2,1-4H3. The highest BCUT2D eigenvalue weighted by atomic mass is 15.4. The molecule has 0 bridgehead atoms. The Labute approximate surface area is 122 Å². The van der Waals surface area contributed by atoms with E-state index < -0.39 is 0 Å². The summed E-state index contributed by atoms with van der Waals surface area (Å²) in [4.78, 5) is 2.42. The number of aromatic nitrogens is 3. The van der Waals surface area contributed by atoms with Gasteiger partial charge in [0.2, 0.25) is 0 Å². The molecule has 1 aromatic rings. The van der Waals surface area contributed by atoms with Crippen LogP contribution in [0.5, 0.6) is 0 Å². The van der Waals surface area contributed by atoms with Gasteiger partial charge in [-0.05, 0) is 39.9 Å². The normalized spacial score (nSPS) is 20.2. The van der Waals surface area contributed by atoms with Crippen molar-refractivity contribution in [3.8, 4) is 0 Å². The summed E-state index contributed by atoms with van der Waals surface area (Å²) in [5.74, 6) is 0. The summed E-state index contributed by atoms with van der Waals surface area (Å²) in [5.41, 5.74) is 1.39. The van der Waals surface area contributed by atoms with Crippen LogP contribution in [0.1, 0.15) is 57.2 Å². The zero-order chi connectivity index (χ0) is 14.6. The quantitative estimate of drug-likeness (QED) is 0.866. The van der Waals surface area contributed by atoms with E-state index in [9.17, 15) is 0 Å². The van der Waals surface area contributed by atoms with Gasteiger partial charge in [-0.3, -0.25) is 4.68 Å². The summed E-state index contributed by atoms with van der Waals surface area (Å²) in [6, 6.07) is 0.303. The van der Waals surface area contributed by atoms with Crippen molar-refractivity contribution in [3.63, 3.8) is 0 Å². The Hall–Kier alpha value is -0.940. The highest BCUT2D eigenvalue weighted by Crippen LogP contribution is 2.41. The summed E-state index contributed by atoms with van der Waals surface area (Å²) < 4.78 is 1.92. The number of aryl methyl sites for hydroxylation is 1. The monoisotopic (exact) mass is 279 g/mol. The zero-order valence-electron chi connectivity index (χ0n) is 13.4. The van der Waals surface area contributed by atoms with Gasteiger partial charge in [0.25, 0.3) is 0 Å². The van der Waals surface area contributed by atoms with E-state index in [0.29, 0.717) is 6.04 Å². The molecule has 5 nitrogen and oxygen atoms in total. The molecule has 1 unspecified atom stereocenters. The molecule has 1 fully saturated rings. The number of nitrogens with one attached hydrogen (secondary N) is 1. The van der Waals surface area contributed by atoms with Crippen molar-refractivity contribution in [3.05, 3.63) is 11.9 Å². The van der Waals surface area contributed by atoms with Crippen molar-refractivity contribution in [2.75, 3.05) is 20.6 Å². The predicted molar refractivity (Wildman–Crippen MR) is 81.5 cm³/mol. The first-order chi connectivity index (χ1) is 9.62. The van der Waals surface area contributed by atoms with E-state index in [1.807, 2.05) is 17.9 Å². The summed E-state index contributed by atoms with van der Waals surface area (Å²) in [6.45, 7) is 3.25. The first-order valence-electron chi connectivity index (χ1n) is 7.87. The van der Waals surface area contributed by atoms with Crippen LogP contribution in [0.15, 0.2) is 6.20 Å². The molecule has 1 heterocycles. The van der Waals surface area contributed by atoms with Crippen LogP contribution in [0, 0.1) is 0 Å². The highest BCUT2D eigenvalue weighted by Gasteiger charge is 2.43. The van der Waals surface area contributed by atoms with Gasteiger partial charge in [0.05, 0.1) is 17.9 Å². The van der Waals surface area contributed by atoms with Crippen LogP contribution in [0.3, 0.4) is 0 Å². The van der Waals surface area contributed by atoms with Crippen LogP contribution in [-0.4, -0.2) is 46.1 Å². The molecule has 1 aliphatic rings. The summed E-state index contributed by atoms with van der Waals surface area (Å²) in [5, 5.41) is 12.0. The Kier molecular flexibility index (Phi) is 5.16. The van der Waals surface area contributed by atoms with Crippen LogP contribution in [-0.2, 0) is 7.05 Å². The first-order valence-corrected chi connectivity index (χ1v) is 7.87.